The predicted molar refractivity (Wildman–Crippen MR) is 138 cm³/mol. The highest BCUT2D eigenvalue weighted by molar-refractivity contribution is 7.92. The normalized spacial score (nSPS) is 12.2. The Kier molecular flexibility index (Phi) is 7.57. The number of aryl methyl sites for hydroxylation is 2. The monoisotopic (exact) mass is 518 g/mol. The molecule has 36 heavy (non-hydrogen) atoms. The average Bonchev–Trinajstić information content (AvgIpc) is 3.10. The first-order valence-electron chi connectivity index (χ1n) is 11.0. The van der Waals surface area contributed by atoms with Crippen LogP contribution in [-0.4, -0.2) is 59.1 Å². The van der Waals surface area contributed by atoms with Gasteiger partial charge in [0, 0.05) is 28.2 Å². The van der Waals surface area contributed by atoms with Crippen molar-refractivity contribution in [1.29, 1.82) is 0 Å². The van der Waals surface area contributed by atoms with E-state index in [0.29, 0.717) is 6.42 Å². The molecule has 13 nitrogen and oxygen atoms in total. The SMILES string of the molecule is CC[C@@H](Nc1c(Nc2c(NS(C)(=O)=O)c(C(=O)N(C)C)nn2C)c(=O)n(C)[nH]c1=O)c1ccccc1. The maximum absolute atomic E-state index is 13.2. The third-order valence-corrected chi connectivity index (χ3v) is 5.96. The lowest BCUT2D eigenvalue weighted by atomic mass is 10.0. The van der Waals surface area contributed by atoms with Crippen LogP contribution in [0.3, 0.4) is 0 Å². The third-order valence-electron chi connectivity index (χ3n) is 5.38. The largest absolute Gasteiger partial charge is 0.372 e. The molecule has 1 atom stereocenters. The second-order valence-corrected chi connectivity index (χ2v) is 10.2. The smallest absolute Gasteiger partial charge is 0.290 e. The standard InChI is InChI=1S/C22H30N8O5S/c1-7-14(13-11-9-8-10-12-13)23-16-17(22(33)30(5)26-20(16)31)24-19-15(27-36(6,34)35)18(25-29(19)4)21(32)28(2)3/h8-12,14,23-24,27H,7H2,1-6H3,(H,26,31)/t14-/m1/s1. The van der Waals surface area contributed by atoms with Gasteiger partial charge in [0.1, 0.15) is 17.1 Å². The Balaban J connectivity index is 2.19. The van der Waals surface area contributed by atoms with E-state index < -0.39 is 27.0 Å². The van der Waals surface area contributed by atoms with Crippen LogP contribution in [-0.2, 0) is 24.1 Å². The van der Waals surface area contributed by atoms with Gasteiger partial charge in [0.25, 0.3) is 17.0 Å². The van der Waals surface area contributed by atoms with Gasteiger partial charge in [-0.05, 0) is 12.0 Å². The number of anilines is 4. The van der Waals surface area contributed by atoms with Crippen molar-refractivity contribution in [1.82, 2.24) is 24.5 Å². The molecular weight excluding hydrogens is 488 g/mol. The summed E-state index contributed by atoms with van der Waals surface area (Å²) in [4.78, 5) is 40.1. The van der Waals surface area contributed by atoms with E-state index in [0.717, 1.165) is 16.5 Å². The molecule has 0 bridgehead atoms. The van der Waals surface area contributed by atoms with Gasteiger partial charge in [-0.25, -0.2) is 13.1 Å². The minimum Gasteiger partial charge on any atom is -0.372 e. The van der Waals surface area contributed by atoms with Crippen LogP contribution in [0.5, 0.6) is 0 Å². The summed E-state index contributed by atoms with van der Waals surface area (Å²) < 4.78 is 28.8. The number of benzene rings is 1. The molecule has 4 N–H and O–H groups in total. The molecule has 1 amide bonds. The van der Waals surface area contributed by atoms with Gasteiger partial charge in [-0.15, -0.1) is 0 Å². The molecule has 1 aromatic carbocycles. The molecule has 0 saturated carbocycles. The van der Waals surface area contributed by atoms with Crippen molar-refractivity contribution in [2.45, 2.75) is 19.4 Å². The van der Waals surface area contributed by atoms with Crippen LogP contribution < -0.4 is 26.5 Å². The fourth-order valence-electron chi connectivity index (χ4n) is 3.61. The number of hydrogen-bond donors (Lipinski definition) is 4. The van der Waals surface area contributed by atoms with Crippen LogP contribution in [0, 0.1) is 0 Å². The van der Waals surface area contributed by atoms with E-state index >= 15 is 0 Å². The van der Waals surface area contributed by atoms with Gasteiger partial charge in [-0.2, -0.15) is 5.10 Å². The molecule has 0 fully saturated rings. The Labute approximate surface area is 208 Å². The number of sulfonamides is 1. The van der Waals surface area contributed by atoms with E-state index in [1.807, 2.05) is 37.3 Å². The molecule has 0 spiro atoms. The van der Waals surface area contributed by atoms with Gasteiger partial charge in [-0.3, -0.25) is 28.9 Å². The Morgan fingerprint density at radius 1 is 1.11 bits per heavy atom. The molecule has 2 heterocycles. The lowest BCUT2D eigenvalue weighted by Crippen LogP contribution is -2.33. The highest BCUT2D eigenvalue weighted by atomic mass is 32.2. The number of carbonyl (C=O) groups excluding carboxylic acids is 1. The van der Waals surface area contributed by atoms with Crippen LogP contribution in [0.4, 0.5) is 22.9 Å². The quantitative estimate of drug-likeness (QED) is 0.328. The lowest BCUT2D eigenvalue weighted by Gasteiger charge is -2.21. The van der Waals surface area contributed by atoms with Crippen molar-refractivity contribution in [2.75, 3.05) is 35.7 Å². The summed E-state index contributed by atoms with van der Waals surface area (Å²) in [5, 5.41) is 12.6. The zero-order valence-corrected chi connectivity index (χ0v) is 21.7. The van der Waals surface area contributed by atoms with Crippen LogP contribution >= 0.6 is 0 Å². The topological polar surface area (TPSA) is 163 Å². The van der Waals surface area contributed by atoms with Crippen molar-refractivity contribution in [2.24, 2.45) is 14.1 Å². The molecule has 2 aromatic heterocycles. The lowest BCUT2D eigenvalue weighted by molar-refractivity contribution is 0.0822. The number of rotatable bonds is 9. The fraction of sp³-hybridized carbons (Fsp3) is 0.364. The Hall–Kier alpha value is -4.07. The molecule has 0 saturated heterocycles. The summed E-state index contributed by atoms with van der Waals surface area (Å²) in [7, 11) is 2.02. The number of hydrogen-bond acceptors (Lipinski definition) is 8. The van der Waals surface area contributed by atoms with Gasteiger partial charge in [0.15, 0.2) is 11.5 Å². The van der Waals surface area contributed by atoms with Crippen molar-refractivity contribution >= 4 is 38.8 Å². The first-order valence-corrected chi connectivity index (χ1v) is 12.9. The Morgan fingerprint density at radius 3 is 2.31 bits per heavy atom. The summed E-state index contributed by atoms with van der Waals surface area (Å²) in [5.41, 5.74) is -0.764. The Morgan fingerprint density at radius 2 is 1.75 bits per heavy atom. The molecule has 194 valence electrons. The highest BCUT2D eigenvalue weighted by Crippen LogP contribution is 2.32. The molecule has 0 aliphatic heterocycles. The fourth-order valence-corrected chi connectivity index (χ4v) is 4.17. The van der Waals surface area contributed by atoms with Gasteiger partial charge < -0.3 is 15.5 Å². The predicted octanol–water partition coefficient (Wildman–Crippen LogP) is 1.19. The van der Waals surface area contributed by atoms with Crippen molar-refractivity contribution < 1.29 is 13.2 Å². The first kappa shape index (κ1) is 26.5. The maximum Gasteiger partial charge on any atom is 0.290 e. The molecule has 3 rings (SSSR count). The van der Waals surface area contributed by atoms with Crippen LogP contribution in [0.25, 0.3) is 0 Å². The van der Waals surface area contributed by atoms with Gasteiger partial charge >= 0.3 is 0 Å². The second-order valence-electron chi connectivity index (χ2n) is 8.47. The molecule has 0 radical (unpaired) electrons. The number of nitrogens with one attached hydrogen (secondary N) is 4. The van der Waals surface area contributed by atoms with E-state index in [9.17, 15) is 22.8 Å². The molecule has 0 aliphatic rings. The third kappa shape index (κ3) is 5.59. The minimum absolute atomic E-state index is 0.00383. The maximum atomic E-state index is 13.2. The highest BCUT2D eigenvalue weighted by Gasteiger charge is 2.27. The molecule has 0 unspecified atom stereocenters. The molecule has 0 aliphatic carbocycles. The first-order chi connectivity index (χ1) is 16.8. The van der Waals surface area contributed by atoms with Crippen LogP contribution in [0.1, 0.15) is 35.4 Å². The van der Waals surface area contributed by atoms with Crippen molar-refractivity contribution in [3.05, 3.63) is 62.3 Å². The minimum atomic E-state index is -3.84. The van der Waals surface area contributed by atoms with E-state index in [1.165, 1.54) is 37.8 Å². The van der Waals surface area contributed by atoms with Crippen LogP contribution in [0.2, 0.25) is 0 Å². The summed E-state index contributed by atoms with van der Waals surface area (Å²) in [6.07, 6.45) is 1.53. The van der Waals surface area contributed by atoms with Crippen molar-refractivity contribution in [3.63, 3.8) is 0 Å². The summed E-state index contributed by atoms with van der Waals surface area (Å²) in [6.45, 7) is 1.93. The van der Waals surface area contributed by atoms with E-state index in [2.05, 4.69) is 25.6 Å². The van der Waals surface area contributed by atoms with Crippen LogP contribution in [0.15, 0.2) is 39.9 Å². The molecular formula is C22H30N8O5S. The van der Waals surface area contributed by atoms with E-state index in [1.54, 1.807) is 0 Å². The van der Waals surface area contributed by atoms with E-state index in [-0.39, 0.29) is 34.6 Å². The Bertz CT molecular complexity index is 1490. The van der Waals surface area contributed by atoms with Gasteiger partial charge in [0.05, 0.1) is 12.3 Å². The van der Waals surface area contributed by atoms with E-state index in [4.69, 9.17) is 0 Å². The zero-order chi connectivity index (χ0) is 26.8. The second kappa shape index (κ2) is 10.3. The van der Waals surface area contributed by atoms with Gasteiger partial charge in [0.2, 0.25) is 10.0 Å². The van der Waals surface area contributed by atoms with Crippen molar-refractivity contribution in [3.8, 4) is 0 Å². The summed E-state index contributed by atoms with van der Waals surface area (Å²) >= 11 is 0. The summed E-state index contributed by atoms with van der Waals surface area (Å²) in [6, 6.07) is 9.12. The molecule has 3 aromatic rings. The number of nitrogens with zero attached hydrogens (tertiary/aromatic N) is 4. The number of aromatic nitrogens is 4. The molecule has 14 heteroatoms. The zero-order valence-electron chi connectivity index (χ0n) is 20.9. The van der Waals surface area contributed by atoms with Gasteiger partial charge in [-0.1, -0.05) is 37.3 Å². The number of carbonyl (C=O) groups is 1. The number of aromatic amines is 1. The average molecular weight is 519 g/mol. The number of H-pyrrole nitrogens is 1. The summed E-state index contributed by atoms with van der Waals surface area (Å²) in [5.74, 6) is -0.554. The number of amides is 1.